The molecule has 2 heterocycles. The van der Waals surface area contributed by atoms with Gasteiger partial charge < -0.3 is 20.3 Å². The predicted octanol–water partition coefficient (Wildman–Crippen LogP) is 2.11. The molecule has 3 aromatic rings. The van der Waals surface area contributed by atoms with Crippen LogP contribution in [0.5, 0.6) is 5.75 Å². The molecular weight excluding hydrogens is 343 g/mol. The van der Waals surface area contributed by atoms with Gasteiger partial charge in [0.25, 0.3) is 0 Å². The van der Waals surface area contributed by atoms with Crippen molar-refractivity contribution in [1.29, 1.82) is 0 Å². The number of aliphatic hydroxyl groups is 1. The van der Waals surface area contributed by atoms with Gasteiger partial charge in [-0.25, -0.2) is 18.7 Å². The quantitative estimate of drug-likeness (QED) is 0.592. The summed E-state index contributed by atoms with van der Waals surface area (Å²) < 4.78 is 20.4. The number of carboxylic acids is 1. The number of rotatable bonds is 7. The highest BCUT2D eigenvalue weighted by Crippen LogP contribution is 2.28. The number of benzene rings is 1. The second-order valence-electron chi connectivity index (χ2n) is 5.56. The molecule has 0 aliphatic heterocycles. The highest BCUT2D eigenvalue weighted by atomic mass is 19.1. The first-order valence-electron chi connectivity index (χ1n) is 7.87. The van der Waals surface area contributed by atoms with Gasteiger partial charge in [-0.3, -0.25) is 0 Å². The topological polar surface area (TPSA) is 109 Å². The highest BCUT2D eigenvalue weighted by molar-refractivity contribution is 5.94. The molecular formula is C17H17FN4O4. The normalized spacial score (nSPS) is 12.1. The molecule has 1 aromatic carbocycles. The number of nitrogens with zero attached hydrogens (tertiary/aromatic N) is 3. The number of aromatic nitrogens is 3. The number of fused-ring (bicyclic) bond motifs is 1. The third-order valence-electron chi connectivity index (χ3n) is 3.75. The zero-order valence-electron chi connectivity index (χ0n) is 13.9. The van der Waals surface area contributed by atoms with Gasteiger partial charge in [-0.15, -0.1) is 0 Å². The van der Waals surface area contributed by atoms with Gasteiger partial charge in [0, 0.05) is 11.8 Å². The van der Waals surface area contributed by atoms with Crippen molar-refractivity contribution < 1.29 is 24.1 Å². The lowest BCUT2D eigenvalue weighted by atomic mass is 10.1. The summed E-state index contributed by atoms with van der Waals surface area (Å²) in [6.07, 6.45) is 2.81. The van der Waals surface area contributed by atoms with Gasteiger partial charge >= 0.3 is 5.97 Å². The number of aliphatic hydroxyl groups excluding tert-OH is 1. The van der Waals surface area contributed by atoms with Crippen LogP contribution in [0.4, 0.5) is 10.2 Å². The van der Waals surface area contributed by atoms with E-state index in [0.717, 1.165) is 0 Å². The molecule has 26 heavy (non-hydrogen) atoms. The summed E-state index contributed by atoms with van der Waals surface area (Å²) in [7, 11) is 0. The molecule has 0 amide bonds. The number of anilines is 1. The lowest BCUT2D eigenvalue weighted by Crippen LogP contribution is -2.12. The van der Waals surface area contributed by atoms with Gasteiger partial charge in [0.05, 0.1) is 18.8 Å². The summed E-state index contributed by atoms with van der Waals surface area (Å²) in [6.45, 7) is 1.73. The molecule has 3 rings (SSSR count). The Morgan fingerprint density at radius 2 is 2.23 bits per heavy atom. The van der Waals surface area contributed by atoms with E-state index in [-0.39, 0.29) is 30.5 Å². The Morgan fingerprint density at radius 1 is 1.42 bits per heavy atom. The average Bonchev–Trinajstić information content (AvgIpc) is 3.04. The zero-order chi connectivity index (χ0) is 18.7. The molecule has 8 nitrogen and oxygen atoms in total. The van der Waals surface area contributed by atoms with E-state index in [9.17, 15) is 14.3 Å². The van der Waals surface area contributed by atoms with E-state index in [0.29, 0.717) is 17.1 Å². The van der Waals surface area contributed by atoms with Crippen molar-refractivity contribution in [3.05, 3.63) is 53.6 Å². The number of hydrogen-bond acceptors (Lipinski definition) is 6. The van der Waals surface area contributed by atoms with Crippen LogP contribution in [0.3, 0.4) is 0 Å². The lowest BCUT2D eigenvalue weighted by molar-refractivity contribution is 0.0698. The predicted molar refractivity (Wildman–Crippen MR) is 91.0 cm³/mol. The van der Waals surface area contributed by atoms with Crippen LogP contribution in [0.15, 0.2) is 36.7 Å². The highest BCUT2D eigenvalue weighted by Gasteiger charge is 2.16. The molecule has 0 spiro atoms. The van der Waals surface area contributed by atoms with E-state index >= 15 is 0 Å². The average molecular weight is 360 g/mol. The van der Waals surface area contributed by atoms with E-state index in [2.05, 4.69) is 15.4 Å². The van der Waals surface area contributed by atoms with Crippen LogP contribution in [-0.2, 0) is 0 Å². The summed E-state index contributed by atoms with van der Waals surface area (Å²) in [5.74, 6) is -0.692. The molecule has 0 radical (unpaired) electrons. The maximum absolute atomic E-state index is 13.7. The van der Waals surface area contributed by atoms with Crippen LogP contribution in [-0.4, -0.2) is 44.0 Å². The van der Waals surface area contributed by atoms with Crippen molar-refractivity contribution in [2.75, 3.05) is 18.5 Å². The molecule has 1 atom stereocenters. The monoisotopic (exact) mass is 360 g/mol. The number of carbonyl (C=O) groups is 1. The Morgan fingerprint density at radius 3 is 2.96 bits per heavy atom. The first-order chi connectivity index (χ1) is 12.5. The Kier molecular flexibility index (Phi) is 4.99. The molecule has 0 saturated carbocycles. The Labute approximate surface area is 147 Å². The number of ether oxygens (including phenoxy) is 1. The van der Waals surface area contributed by atoms with Crippen LogP contribution in [0.25, 0.3) is 5.65 Å². The second-order valence-corrected chi connectivity index (χ2v) is 5.56. The number of carboxylic acid groups (broad SMARTS) is 1. The molecule has 0 saturated heterocycles. The number of halogens is 1. The van der Waals surface area contributed by atoms with E-state index in [1.54, 1.807) is 19.2 Å². The first kappa shape index (κ1) is 17.6. The van der Waals surface area contributed by atoms with Gasteiger partial charge in [0.15, 0.2) is 5.65 Å². The number of nitrogens with one attached hydrogen (secondary N) is 1. The standard InChI is InChI=1S/C17H17FN4O4/c1-10(12-8-11(18)2-3-14(12)26-7-6-23)20-15-4-5-22-16(21-15)13(9-19-22)17(24)25/h2-5,8-10,23H,6-7H2,1H3,(H,20,21)(H,24,25)/t10-/m1/s1. The van der Waals surface area contributed by atoms with Gasteiger partial charge in [-0.05, 0) is 31.2 Å². The van der Waals surface area contributed by atoms with Crippen LogP contribution >= 0.6 is 0 Å². The van der Waals surface area contributed by atoms with E-state index in [4.69, 9.17) is 9.84 Å². The summed E-state index contributed by atoms with van der Waals surface area (Å²) in [5.41, 5.74) is 0.733. The summed E-state index contributed by atoms with van der Waals surface area (Å²) in [5, 5.41) is 25.1. The maximum Gasteiger partial charge on any atom is 0.341 e. The molecule has 2 aromatic heterocycles. The fourth-order valence-electron chi connectivity index (χ4n) is 2.54. The van der Waals surface area contributed by atoms with E-state index in [1.807, 2.05) is 0 Å². The zero-order valence-corrected chi connectivity index (χ0v) is 13.9. The summed E-state index contributed by atoms with van der Waals surface area (Å²) in [6, 6.07) is 5.36. The molecule has 9 heteroatoms. The largest absolute Gasteiger partial charge is 0.491 e. The second kappa shape index (κ2) is 7.36. The molecule has 0 fully saturated rings. The van der Waals surface area contributed by atoms with E-state index < -0.39 is 11.8 Å². The summed E-state index contributed by atoms with van der Waals surface area (Å²) in [4.78, 5) is 15.5. The van der Waals surface area contributed by atoms with Crippen LogP contribution in [0.1, 0.15) is 28.9 Å². The van der Waals surface area contributed by atoms with Crippen molar-refractivity contribution in [2.45, 2.75) is 13.0 Å². The van der Waals surface area contributed by atoms with Crippen molar-refractivity contribution in [1.82, 2.24) is 14.6 Å². The van der Waals surface area contributed by atoms with Gasteiger partial charge in [-0.1, -0.05) is 0 Å². The summed E-state index contributed by atoms with van der Waals surface area (Å²) >= 11 is 0. The third-order valence-corrected chi connectivity index (χ3v) is 3.75. The van der Waals surface area contributed by atoms with Crippen molar-refractivity contribution in [3.8, 4) is 5.75 Å². The van der Waals surface area contributed by atoms with Crippen molar-refractivity contribution >= 4 is 17.4 Å². The molecule has 0 aliphatic carbocycles. The molecule has 3 N–H and O–H groups in total. The van der Waals surface area contributed by atoms with Gasteiger partial charge in [0.1, 0.15) is 29.6 Å². The maximum atomic E-state index is 13.7. The van der Waals surface area contributed by atoms with Crippen LogP contribution in [0.2, 0.25) is 0 Å². The molecule has 0 bridgehead atoms. The minimum atomic E-state index is -1.12. The minimum Gasteiger partial charge on any atom is -0.491 e. The van der Waals surface area contributed by atoms with Crippen molar-refractivity contribution in [3.63, 3.8) is 0 Å². The Hall–Kier alpha value is -3.20. The van der Waals surface area contributed by atoms with E-state index in [1.165, 1.54) is 28.9 Å². The first-order valence-corrected chi connectivity index (χ1v) is 7.87. The molecule has 0 aliphatic rings. The minimum absolute atomic E-state index is 0.0148. The van der Waals surface area contributed by atoms with Crippen LogP contribution < -0.4 is 10.1 Å². The van der Waals surface area contributed by atoms with Gasteiger partial charge in [0.2, 0.25) is 0 Å². The Balaban J connectivity index is 1.89. The molecule has 0 unspecified atom stereocenters. The van der Waals surface area contributed by atoms with Crippen molar-refractivity contribution in [2.24, 2.45) is 0 Å². The SMILES string of the molecule is C[C@@H](Nc1ccn2ncc(C(=O)O)c2n1)c1cc(F)ccc1OCCO. The van der Waals surface area contributed by atoms with Crippen LogP contribution in [0, 0.1) is 5.82 Å². The fraction of sp³-hybridized carbons (Fsp3) is 0.235. The Bertz CT molecular complexity index is 944. The lowest BCUT2D eigenvalue weighted by Gasteiger charge is -2.19. The number of hydrogen-bond donors (Lipinski definition) is 3. The number of aromatic carboxylic acids is 1. The fourth-order valence-corrected chi connectivity index (χ4v) is 2.54. The smallest absolute Gasteiger partial charge is 0.341 e. The third kappa shape index (κ3) is 3.57. The molecule has 136 valence electrons. The van der Waals surface area contributed by atoms with Gasteiger partial charge in [-0.2, -0.15) is 5.10 Å².